The van der Waals surface area contributed by atoms with E-state index in [1.807, 2.05) is 30.3 Å². The van der Waals surface area contributed by atoms with Crippen molar-refractivity contribution in [2.24, 2.45) is 0 Å². The first kappa shape index (κ1) is 18.4. The van der Waals surface area contributed by atoms with E-state index in [-0.39, 0.29) is 18.3 Å². The molecular formula is C17H22N4O4. The van der Waals surface area contributed by atoms with Crippen molar-refractivity contribution in [1.29, 1.82) is 0 Å². The van der Waals surface area contributed by atoms with Gasteiger partial charge < -0.3 is 9.64 Å². The van der Waals surface area contributed by atoms with Crippen molar-refractivity contribution < 1.29 is 14.5 Å². The summed E-state index contributed by atoms with van der Waals surface area (Å²) >= 11 is 0. The quantitative estimate of drug-likeness (QED) is 0.612. The molecule has 2 aromatic rings. The molecule has 0 spiro atoms. The minimum Gasteiger partial charge on any atom is -0.444 e. The number of nitrogens with zero attached hydrogens (tertiary/aromatic N) is 4. The van der Waals surface area contributed by atoms with E-state index in [9.17, 15) is 14.9 Å². The molecular weight excluding hydrogens is 324 g/mol. The number of likely N-dealkylation sites (N-methyl/N-ethyl adjacent to an activating group) is 1. The van der Waals surface area contributed by atoms with Gasteiger partial charge in [-0.3, -0.25) is 14.8 Å². The zero-order chi connectivity index (χ0) is 18.6. The summed E-state index contributed by atoms with van der Waals surface area (Å²) in [5.74, 6) is 0. The largest absolute Gasteiger partial charge is 0.444 e. The molecule has 1 unspecified atom stereocenters. The molecule has 0 radical (unpaired) electrons. The first-order valence-corrected chi connectivity index (χ1v) is 7.85. The second-order valence-electron chi connectivity index (χ2n) is 6.72. The van der Waals surface area contributed by atoms with E-state index in [1.54, 1.807) is 27.8 Å². The lowest BCUT2D eigenvalue weighted by atomic mass is 10.1. The van der Waals surface area contributed by atoms with Crippen LogP contribution in [0.25, 0.3) is 0 Å². The Kier molecular flexibility index (Phi) is 5.41. The van der Waals surface area contributed by atoms with Gasteiger partial charge in [0.1, 0.15) is 18.0 Å². The predicted molar refractivity (Wildman–Crippen MR) is 92.3 cm³/mol. The standard InChI is InChI=1S/C17H22N4O4/c1-17(2,3)25-16(22)19(4)12-15(13-8-6-5-7-9-13)20-11-14(10-18-20)21(23)24/h5-11,15H,12H2,1-4H3. The summed E-state index contributed by atoms with van der Waals surface area (Å²) in [6, 6.07) is 9.03. The van der Waals surface area contributed by atoms with Gasteiger partial charge in [0.05, 0.1) is 17.5 Å². The topological polar surface area (TPSA) is 90.5 Å². The van der Waals surface area contributed by atoms with E-state index in [2.05, 4.69) is 5.10 Å². The van der Waals surface area contributed by atoms with Crippen molar-refractivity contribution in [2.75, 3.05) is 13.6 Å². The summed E-state index contributed by atoms with van der Waals surface area (Å²) < 4.78 is 6.86. The number of carbonyl (C=O) groups excluding carboxylic acids is 1. The van der Waals surface area contributed by atoms with E-state index < -0.39 is 16.6 Å². The number of benzene rings is 1. The molecule has 0 N–H and O–H groups in total. The Hall–Kier alpha value is -2.90. The fourth-order valence-electron chi connectivity index (χ4n) is 2.28. The van der Waals surface area contributed by atoms with Gasteiger partial charge in [-0.25, -0.2) is 4.79 Å². The van der Waals surface area contributed by atoms with E-state index in [0.717, 1.165) is 5.56 Å². The van der Waals surface area contributed by atoms with Crippen molar-refractivity contribution in [3.05, 3.63) is 58.4 Å². The highest BCUT2D eigenvalue weighted by molar-refractivity contribution is 5.67. The van der Waals surface area contributed by atoms with Gasteiger partial charge in [0, 0.05) is 7.05 Å². The highest BCUT2D eigenvalue weighted by Gasteiger charge is 2.25. The number of amides is 1. The van der Waals surface area contributed by atoms with Gasteiger partial charge >= 0.3 is 11.8 Å². The zero-order valence-corrected chi connectivity index (χ0v) is 14.7. The lowest BCUT2D eigenvalue weighted by molar-refractivity contribution is -0.385. The first-order valence-electron chi connectivity index (χ1n) is 7.85. The molecule has 1 atom stereocenters. The predicted octanol–water partition coefficient (Wildman–Crippen LogP) is 3.25. The number of nitro groups is 1. The van der Waals surface area contributed by atoms with Crippen LogP contribution in [-0.4, -0.2) is 44.9 Å². The molecule has 0 saturated heterocycles. The van der Waals surface area contributed by atoms with Gasteiger partial charge in [-0.2, -0.15) is 5.10 Å². The van der Waals surface area contributed by atoms with Gasteiger partial charge in [0.2, 0.25) is 0 Å². The molecule has 8 nitrogen and oxygen atoms in total. The minimum atomic E-state index is -0.599. The summed E-state index contributed by atoms with van der Waals surface area (Å²) in [6.07, 6.45) is 2.10. The van der Waals surface area contributed by atoms with E-state index in [4.69, 9.17) is 4.74 Å². The number of rotatable bonds is 5. The van der Waals surface area contributed by atoms with Crippen molar-refractivity contribution >= 4 is 11.8 Å². The number of hydrogen-bond acceptors (Lipinski definition) is 5. The summed E-state index contributed by atoms with van der Waals surface area (Å²) in [6.45, 7) is 5.65. The lowest BCUT2D eigenvalue weighted by Crippen LogP contribution is -2.38. The average molecular weight is 346 g/mol. The molecule has 0 aliphatic heterocycles. The van der Waals surface area contributed by atoms with E-state index >= 15 is 0 Å². The maximum Gasteiger partial charge on any atom is 0.410 e. The fraction of sp³-hybridized carbons (Fsp3) is 0.412. The van der Waals surface area contributed by atoms with E-state index in [0.29, 0.717) is 0 Å². The molecule has 0 bridgehead atoms. The second kappa shape index (κ2) is 7.33. The summed E-state index contributed by atoms with van der Waals surface area (Å²) in [5, 5.41) is 15.0. The highest BCUT2D eigenvalue weighted by Crippen LogP contribution is 2.22. The third kappa shape index (κ3) is 5.03. The van der Waals surface area contributed by atoms with Crippen LogP contribution in [0.1, 0.15) is 32.4 Å². The SMILES string of the molecule is CN(CC(c1ccccc1)n1cc([N+](=O)[O-])cn1)C(=O)OC(C)(C)C. The summed E-state index contributed by atoms with van der Waals surface area (Å²) in [4.78, 5) is 24.1. The minimum absolute atomic E-state index is 0.0964. The maximum absolute atomic E-state index is 12.2. The molecule has 0 aliphatic rings. The van der Waals surface area contributed by atoms with Gasteiger partial charge in [-0.05, 0) is 26.3 Å². The summed E-state index contributed by atoms with van der Waals surface area (Å²) in [7, 11) is 1.63. The van der Waals surface area contributed by atoms with Crippen LogP contribution >= 0.6 is 0 Å². The van der Waals surface area contributed by atoms with E-state index in [1.165, 1.54) is 22.0 Å². The number of hydrogen-bond donors (Lipinski definition) is 0. The van der Waals surface area contributed by atoms with Crippen LogP contribution in [0.5, 0.6) is 0 Å². The smallest absolute Gasteiger partial charge is 0.410 e. The van der Waals surface area contributed by atoms with Crippen LogP contribution in [-0.2, 0) is 4.74 Å². The maximum atomic E-state index is 12.2. The van der Waals surface area contributed by atoms with Crippen LogP contribution in [0.15, 0.2) is 42.7 Å². The average Bonchev–Trinajstić information content (AvgIpc) is 3.01. The number of carbonyl (C=O) groups is 1. The number of aromatic nitrogens is 2. The van der Waals surface area contributed by atoms with Gasteiger partial charge in [0.25, 0.3) is 0 Å². The Morgan fingerprint density at radius 1 is 1.36 bits per heavy atom. The molecule has 1 aromatic carbocycles. The van der Waals surface area contributed by atoms with Gasteiger partial charge in [-0.1, -0.05) is 30.3 Å². The van der Waals surface area contributed by atoms with Gasteiger partial charge in [-0.15, -0.1) is 0 Å². The van der Waals surface area contributed by atoms with Crippen molar-refractivity contribution in [3.63, 3.8) is 0 Å². The number of ether oxygens (including phenoxy) is 1. The molecule has 25 heavy (non-hydrogen) atoms. The monoisotopic (exact) mass is 346 g/mol. The van der Waals surface area contributed by atoms with Crippen molar-refractivity contribution in [2.45, 2.75) is 32.4 Å². The third-order valence-corrected chi connectivity index (χ3v) is 3.45. The fourth-order valence-corrected chi connectivity index (χ4v) is 2.28. The summed E-state index contributed by atoms with van der Waals surface area (Å²) in [5.41, 5.74) is 0.190. The molecule has 1 aromatic heterocycles. The van der Waals surface area contributed by atoms with Gasteiger partial charge in [0.15, 0.2) is 0 Å². The van der Waals surface area contributed by atoms with Crippen molar-refractivity contribution in [3.8, 4) is 0 Å². The molecule has 2 rings (SSSR count). The van der Waals surface area contributed by atoms with Crippen LogP contribution < -0.4 is 0 Å². The Bertz CT molecular complexity index is 737. The Morgan fingerprint density at radius 3 is 2.52 bits per heavy atom. The van der Waals surface area contributed by atoms with Crippen LogP contribution in [0, 0.1) is 10.1 Å². The third-order valence-electron chi connectivity index (χ3n) is 3.45. The normalized spacial score (nSPS) is 12.5. The second-order valence-corrected chi connectivity index (χ2v) is 6.72. The Labute approximate surface area is 146 Å². The molecule has 0 aliphatic carbocycles. The van der Waals surface area contributed by atoms with Crippen LogP contribution in [0.4, 0.5) is 10.5 Å². The Morgan fingerprint density at radius 2 is 2.00 bits per heavy atom. The van der Waals surface area contributed by atoms with Crippen LogP contribution in [0.3, 0.4) is 0 Å². The van der Waals surface area contributed by atoms with Crippen LogP contribution in [0.2, 0.25) is 0 Å². The lowest BCUT2D eigenvalue weighted by Gasteiger charge is -2.28. The first-order chi connectivity index (χ1) is 11.7. The van der Waals surface area contributed by atoms with Crippen molar-refractivity contribution in [1.82, 2.24) is 14.7 Å². The molecule has 1 amide bonds. The molecule has 8 heteroatoms. The Balaban J connectivity index is 2.26. The molecule has 134 valence electrons. The highest BCUT2D eigenvalue weighted by atomic mass is 16.6. The zero-order valence-electron chi connectivity index (χ0n) is 14.7. The molecule has 1 heterocycles. The molecule has 0 fully saturated rings. The molecule has 0 saturated carbocycles.